The molecule has 29 heavy (non-hydrogen) atoms. The van der Waals surface area contributed by atoms with E-state index in [2.05, 4.69) is 20.4 Å². The number of carbonyl (C=O) groups is 1. The van der Waals surface area contributed by atoms with E-state index in [0.717, 1.165) is 37.6 Å². The Morgan fingerprint density at radius 2 is 1.83 bits per heavy atom. The molecule has 2 heterocycles. The molecule has 2 aromatic rings. The zero-order chi connectivity index (χ0) is 19.8. The number of thioether (sulfide) groups is 1. The number of hydrogen-bond donors (Lipinski definition) is 1. The van der Waals surface area contributed by atoms with Gasteiger partial charge in [0, 0.05) is 19.1 Å². The van der Waals surface area contributed by atoms with Crippen LogP contribution in [0.25, 0.3) is 5.69 Å². The monoisotopic (exact) mass is 431 g/mol. The zero-order valence-corrected chi connectivity index (χ0v) is 18.0. The topological polar surface area (TPSA) is 63.1 Å². The fourth-order valence-corrected chi connectivity index (χ4v) is 5.18. The molecule has 1 aromatic carbocycles. The second-order valence-corrected chi connectivity index (χ2v) is 9.67. The van der Waals surface area contributed by atoms with Gasteiger partial charge in [0.1, 0.15) is 0 Å². The Morgan fingerprint density at radius 1 is 1.14 bits per heavy atom. The number of aromatic nitrogens is 3. The van der Waals surface area contributed by atoms with Crippen molar-refractivity contribution in [3.05, 3.63) is 29.3 Å². The smallest absolute Gasteiger partial charge is 0.232 e. The quantitative estimate of drug-likeness (QED) is 0.642. The lowest BCUT2D eigenvalue weighted by Crippen LogP contribution is -2.39. The maximum Gasteiger partial charge on any atom is 0.232 e. The highest BCUT2D eigenvalue weighted by Crippen LogP contribution is 2.44. The molecule has 0 radical (unpaired) electrons. The standard InChI is InChI=1S/C21H26ClN5OS/c22-16-5-1-2-6-17(16)27-20(26-11-3-4-12-26)24-25-21(27)29-13-18(28)23-19(14-7-8-14)15-9-10-15/h1-2,5-6,14-15,19H,3-4,7-13H2,(H,23,28). The molecular formula is C21H26ClN5OS. The van der Waals surface area contributed by atoms with Gasteiger partial charge in [-0.1, -0.05) is 35.5 Å². The predicted octanol–water partition coefficient (Wildman–Crippen LogP) is 3.92. The van der Waals surface area contributed by atoms with Crippen LogP contribution in [0.5, 0.6) is 0 Å². The van der Waals surface area contributed by atoms with Gasteiger partial charge in [-0.2, -0.15) is 0 Å². The summed E-state index contributed by atoms with van der Waals surface area (Å²) in [6.45, 7) is 1.94. The Morgan fingerprint density at radius 3 is 2.48 bits per heavy atom. The molecule has 1 saturated heterocycles. The van der Waals surface area contributed by atoms with E-state index < -0.39 is 0 Å². The molecule has 0 unspecified atom stereocenters. The molecule has 1 amide bonds. The van der Waals surface area contributed by atoms with Crippen LogP contribution >= 0.6 is 23.4 Å². The molecule has 0 bridgehead atoms. The summed E-state index contributed by atoms with van der Waals surface area (Å²) in [6.07, 6.45) is 7.35. The van der Waals surface area contributed by atoms with Gasteiger partial charge >= 0.3 is 0 Å². The summed E-state index contributed by atoms with van der Waals surface area (Å²) in [6, 6.07) is 8.12. The number of nitrogens with one attached hydrogen (secondary N) is 1. The summed E-state index contributed by atoms with van der Waals surface area (Å²) in [5.74, 6) is 2.65. The first kappa shape index (κ1) is 19.2. The number of benzene rings is 1. The third-order valence-corrected chi connectivity index (χ3v) is 7.27. The molecule has 1 aliphatic heterocycles. The molecule has 8 heteroatoms. The van der Waals surface area contributed by atoms with Crippen molar-refractivity contribution in [2.45, 2.75) is 49.7 Å². The van der Waals surface area contributed by atoms with E-state index in [1.165, 1.54) is 37.4 Å². The Labute approximate surface area is 180 Å². The highest BCUT2D eigenvalue weighted by Gasteiger charge is 2.42. The maximum atomic E-state index is 12.6. The average molecular weight is 432 g/mol. The summed E-state index contributed by atoms with van der Waals surface area (Å²) in [5.41, 5.74) is 0.859. The van der Waals surface area contributed by atoms with Crippen LogP contribution in [0.4, 0.5) is 5.95 Å². The van der Waals surface area contributed by atoms with Gasteiger partial charge in [-0.05, 0) is 62.5 Å². The van der Waals surface area contributed by atoms with E-state index in [0.29, 0.717) is 33.8 Å². The van der Waals surface area contributed by atoms with Crippen molar-refractivity contribution >= 4 is 35.2 Å². The summed E-state index contributed by atoms with van der Waals surface area (Å²) in [4.78, 5) is 14.9. The third kappa shape index (κ3) is 4.26. The van der Waals surface area contributed by atoms with Gasteiger partial charge in [-0.15, -0.1) is 10.2 Å². The van der Waals surface area contributed by atoms with E-state index >= 15 is 0 Å². The molecule has 0 spiro atoms. The van der Waals surface area contributed by atoms with E-state index in [4.69, 9.17) is 11.6 Å². The Hall–Kier alpha value is -1.73. The SMILES string of the molecule is O=C(CSc1nnc(N2CCCC2)n1-c1ccccc1Cl)NC(C1CC1)C1CC1. The van der Waals surface area contributed by atoms with E-state index in [9.17, 15) is 4.79 Å². The molecule has 3 fully saturated rings. The fraction of sp³-hybridized carbons (Fsp3) is 0.571. The molecule has 154 valence electrons. The van der Waals surface area contributed by atoms with Crippen LogP contribution in [-0.4, -0.2) is 45.6 Å². The van der Waals surface area contributed by atoms with E-state index in [1.54, 1.807) is 0 Å². The minimum Gasteiger partial charge on any atom is -0.352 e. The first-order chi connectivity index (χ1) is 14.2. The van der Waals surface area contributed by atoms with E-state index in [-0.39, 0.29) is 5.91 Å². The van der Waals surface area contributed by atoms with Crippen LogP contribution in [0.2, 0.25) is 5.02 Å². The summed E-state index contributed by atoms with van der Waals surface area (Å²) < 4.78 is 2.00. The summed E-state index contributed by atoms with van der Waals surface area (Å²) >= 11 is 7.93. The molecule has 2 saturated carbocycles. The number of carbonyl (C=O) groups excluding carboxylic acids is 1. The van der Waals surface area contributed by atoms with Crippen molar-refractivity contribution < 1.29 is 4.79 Å². The average Bonchev–Trinajstić information content (AvgIpc) is 3.64. The van der Waals surface area contributed by atoms with Crippen molar-refractivity contribution in [1.82, 2.24) is 20.1 Å². The number of amides is 1. The normalized spacial score (nSPS) is 19.2. The molecule has 5 rings (SSSR count). The zero-order valence-electron chi connectivity index (χ0n) is 16.4. The minimum absolute atomic E-state index is 0.0928. The third-order valence-electron chi connectivity index (χ3n) is 6.02. The van der Waals surface area contributed by atoms with Crippen molar-refractivity contribution in [2.24, 2.45) is 11.8 Å². The number of nitrogens with zero attached hydrogens (tertiary/aromatic N) is 4. The second-order valence-electron chi connectivity index (χ2n) is 8.32. The van der Waals surface area contributed by atoms with Crippen molar-refractivity contribution in [1.29, 1.82) is 0 Å². The summed E-state index contributed by atoms with van der Waals surface area (Å²) in [7, 11) is 0. The van der Waals surface area contributed by atoms with Crippen molar-refractivity contribution in [3.63, 3.8) is 0 Å². The largest absolute Gasteiger partial charge is 0.352 e. The second kappa shape index (κ2) is 8.19. The minimum atomic E-state index is 0.0928. The van der Waals surface area contributed by atoms with Gasteiger partial charge in [0.05, 0.1) is 16.5 Å². The predicted molar refractivity (Wildman–Crippen MR) is 116 cm³/mol. The number of para-hydroxylation sites is 1. The van der Waals surface area contributed by atoms with Gasteiger partial charge in [-0.3, -0.25) is 9.36 Å². The number of anilines is 1. The first-order valence-corrected chi connectivity index (χ1v) is 11.9. The summed E-state index contributed by atoms with van der Waals surface area (Å²) in [5, 5.41) is 13.5. The Balaban J connectivity index is 1.34. The van der Waals surface area contributed by atoms with Gasteiger partial charge < -0.3 is 10.2 Å². The van der Waals surface area contributed by atoms with Crippen LogP contribution in [0.3, 0.4) is 0 Å². The van der Waals surface area contributed by atoms with Gasteiger partial charge in [-0.25, -0.2) is 0 Å². The molecular weight excluding hydrogens is 406 g/mol. The number of hydrogen-bond acceptors (Lipinski definition) is 5. The molecule has 0 atom stereocenters. The van der Waals surface area contributed by atoms with Crippen LogP contribution in [0.15, 0.2) is 29.4 Å². The Bertz CT molecular complexity index is 877. The number of halogens is 1. The Kier molecular flexibility index (Phi) is 5.43. The molecule has 6 nitrogen and oxygen atoms in total. The van der Waals surface area contributed by atoms with Gasteiger partial charge in [0.25, 0.3) is 0 Å². The maximum absolute atomic E-state index is 12.6. The lowest BCUT2D eigenvalue weighted by atomic mass is 10.1. The molecule has 1 aromatic heterocycles. The highest BCUT2D eigenvalue weighted by molar-refractivity contribution is 7.99. The van der Waals surface area contributed by atoms with Crippen LogP contribution in [0.1, 0.15) is 38.5 Å². The number of rotatable bonds is 8. The van der Waals surface area contributed by atoms with Crippen LogP contribution in [0, 0.1) is 11.8 Å². The fourth-order valence-electron chi connectivity index (χ4n) is 4.21. The highest BCUT2D eigenvalue weighted by atomic mass is 35.5. The lowest BCUT2D eigenvalue weighted by Gasteiger charge is -2.19. The molecule has 2 aliphatic carbocycles. The molecule has 1 N–H and O–H groups in total. The van der Waals surface area contributed by atoms with Crippen LogP contribution in [-0.2, 0) is 4.79 Å². The van der Waals surface area contributed by atoms with Gasteiger partial charge in [0.15, 0.2) is 5.16 Å². The van der Waals surface area contributed by atoms with Crippen molar-refractivity contribution in [2.75, 3.05) is 23.7 Å². The van der Waals surface area contributed by atoms with E-state index in [1.807, 2.05) is 28.8 Å². The van der Waals surface area contributed by atoms with Crippen molar-refractivity contribution in [3.8, 4) is 5.69 Å². The molecule has 3 aliphatic rings. The first-order valence-electron chi connectivity index (χ1n) is 10.6. The van der Waals surface area contributed by atoms with Gasteiger partial charge in [0.2, 0.25) is 11.9 Å². The van der Waals surface area contributed by atoms with Crippen LogP contribution < -0.4 is 10.2 Å². The lowest BCUT2D eigenvalue weighted by molar-refractivity contribution is -0.119.